The lowest BCUT2D eigenvalue weighted by atomic mass is 10.1. The van der Waals surface area contributed by atoms with Gasteiger partial charge in [-0.15, -0.1) is 0 Å². The Labute approximate surface area is 156 Å². The number of nitrogens with zero attached hydrogens (tertiary/aromatic N) is 1. The van der Waals surface area contributed by atoms with Gasteiger partial charge in [-0.1, -0.05) is 12.1 Å². The molecular weight excluding hydrogens is 371 g/mol. The number of halogens is 1. The minimum atomic E-state index is -3.51. The van der Waals surface area contributed by atoms with Crippen LogP contribution in [0.2, 0.25) is 0 Å². The summed E-state index contributed by atoms with van der Waals surface area (Å²) in [6.45, 7) is 1.22. The van der Waals surface area contributed by atoms with Crippen LogP contribution in [-0.4, -0.2) is 37.9 Å². The Bertz CT molecular complexity index is 987. The van der Waals surface area contributed by atoms with E-state index in [0.717, 1.165) is 43.0 Å². The number of hydrogen-bond donors (Lipinski definition) is 1. The summed E-state index contributed by atoms with van der Waals surface area (Å²) in [5, 5.41) is 2.40. The van der Waals surface area contributed by atoms with Gasteiger partial charge in [-0.25, -0.2) is 12.8 Å². The predicted octanol–water partition coefficient (Wildman–Crippen LogP) is 2.60. The van der Waals surface area contributed by atoms with E-state index in [-0.39, 0.29) is 16.5 Å². The lowest BCUT2D eigenvalue weighted by Crippen LogP contribution is -2.23. The standard InChI is InChI=1S/C19H19FN2O4S/c1-27(25,26)15-8-9-16(20)17(11-15)21-19(24)14-6-4-13(5-7-14)12-22-10-2-3-18(22)23/h4-9,11H,2-3,10,12H2,1H3,(H,21,24). The van der Waals surface area contributed by atoms with Crippen molar-refractivity contribution in [2.45, 2.75) is 24.3 Å². The normalized spacial score (nSPS) is 14.4. The SMILES string of the molecule is CS(=O)(=O)c1ccc(F)c(NC(=O)c2ccc(CN3CCCC3=O)cc2)c1. The number of likely N-dealkylation sites (tertiary alicyclic amines) is 1. The summed E-state index contributed by atoms with van der Waals surface area (Å²) < 4.78 is 37.1. The number of amides is 2. The first kappa shape index (κ1) is 19.0. The Morgan fingerprint density at radius 2 is 1.89 bits per heavy atom. The molecule has 0 unspecified atom stereocenters. The molecule has 0 atom stereocenters. The topological polar surface area (TPSA) is 83.6 Å². The van der Waals surface area contributed by atoms with Gasteiger partial charge in [0.2, 0.25) is 5.91 Å². The Kier molecular flexibility index (Phi) is 5.27. The van der Waals surface area contributed by atoms with E-state index in [1.165, 1.54) is 0 Å². The number of anilines is 1. The summed E-state index contributed by atoms with van der Waals surface area (Å²) in [6.07, 6.45) is 2.44. The van der Waals surface area contributed by atoms with Crippen LogP contribution in [0.25, 0.3) is 0 Å². The van der Waals surface area contributed by atoms with Crippen LogP contribution in [0.5, 0.6) is 0 Å². The molecular formula is C19H19FN2O4S. The molecule has 2 amide bonds. The molecule has 27 heavy (non-hydrogen) atoms. The van der Waals surface area contributed by atoms with Gasteiger partial charge in [0.15, 0.2) is 9.84 Å². The van der Waals surface area contributed by atoms with Gasteiger partial charge in [0, 0.05) is 31.3 Å². The molecule has 0 saturated carbocycles. The minimum Gasteiger partial charge on any atom is -0.338 e. The van der Waals surface area contributed by atoms with Gasteiger partial charge < -0.3 is 10.2 Å². The van der Waals surface area contributed by atoms with E-state index in [1.54, 1.807) is 29.2 Å². The van der Waals surface area contributed by atoms with E-state index < -0.39 is 21.6 Å². The molecule has 8 heteroatoms. The molecule has 0 radical (unpaired) electrons. The van der Waals surface area contributed by atoms with Crippen LogP contribution >= 0.6 is 0 Å². The molecule has 1 fully saturated rings. The maximum atomic E-state index is 13.9. The second-order valence-electron chi connectivity index (χ2n) is 6.48. The molecule has 3 rings (SSSR count). The molecule has 1 saturated heterocycles. The fourth-order valence-electron chi connectivity index (χ4n) is 2.88. The highest BCUT2D eigenvalue weighted by Crippen LogP contribution is 2.21. The van der Waals surface area contributed by atoms with Crippen LogP contribution in [0, 0.1) is 5.82 Å². The smallest absolute Gasteiger partial charge is 0.255 e. The van der Waals surface area contributed by atoms with Gasteiger partial charge in [0.1, 0.15) is 5.82 Å². The van der Waals surface area contributed by atoms with Crippen molar-refractivity contribution < 1.29 is 22.4 Å². The van der Waals surface area contributed by atoms with Gasteiger partial charge in [-0.3, -0.25) is 9.59 Å². The van der Waals surface area contributed by atoms with Crippen molar-refractivity contribution in [2.75, 3.05) is 18.1 Å². The monoisotopic (exact) mass is 390 g/mol. The summed E-state index contributed by atoms with van der Waals surface area (Å²) in [5.74, 6) is -1.15. The van der Waals surface area contributed by atoms with E-state index in [0.29, 0.717) is 18.5 Å². The van der Waals surface area contributed by atoms with Gasteiger partial charge in [0.25, 0.3) is 5.91 Å². The van der Waals surface area contributed by atoms with Crippen molar-refractivity contribution in [3.05, 3.63) is 59.4 Å². The zero-order valence-electron chi connectivity index (χ0n) is 14.7. The van der Waals surface area contributed by atoms with E-state index >= 15 is 0 Å². The van der Waals surface area contributed by atoms with Crippen LogP contribution in [0.4, 0.5) is 10.1 Å². The lowest BCUT2D eigenvalue weighted by Gasteiger charge is -2.15. The third-order valence-corrected chi connectivity index (χ3v) is 5.49. The lowest BCUT2D eigenvalue weighted by molar-refractivity contribution is -0.128. The summed E-state index contributed by atoms with van der Waals surface area (Å²) in [6, 6.07) is 9.90. The van der Waals surface area contributed by atoms with Gasteiger partial charge in [-0.2, -0.15) is 0 Å². The second kappa shape index (κ2) is 7.48. The number of rotatable bonds is 5. The van der Waals surface area contributed by atoms with Gasteiger partial charge in [-0.05, 0) is 42.3 Å². The van der Waals surface area contributed by atoms with Crippen LogP contribution in [0.1, 0.15) is 28.8 Å². The highest BCUT2D eigenvalue weighted by molar-refractivity contribution is 7.90. The summed E-state index contributed by atoms with van der Waals surface area (Å²) in [7, 11) is -3.51. The van der Waals surface area contributed by atoms with Crippen molar-refractivity contribution >= 4 is 27.3 Å². The van der Waals surface area contributed by atoms with Crippen molar-refractivity contribution in [3.8, 4) is 0 Å². The van der Waals surface area contributed by atoms with E-state index in [4.69, 9.17) is 0 Å². The average molecular weight is 390 g/mol. The molecule has 0 bridgehead atoms. The van der Waals surface area contributed by atoms with E-state index in [9.17, 15) is 22.4 Å². The molecule has 1 heterocycles. The van der Waals surface area contributed by atoms with E-state index in [1.807, 2.05) is 0 Å². The first-order valence-corrected chi connectivity index (χ1v) is 10.3. The Morgan fingerprint density at radius 1 is 1.19 bits per heavy atom. The summed E-state index contributed by atoms with van der Waals surface area (Å²) in [4.78, 5) is 25.7. The average Bonchev–Trinajstić information content (AvgIpc) is 3.01. The Morgan fingerprint density at radius 3 is 2.48 bits per heavy atom. The number of benzene rings is 2. The Hall–Kier alpha value is -2.74. The minimum absolute atomic E-state index is 0.0789. The molecule has 1 N–H and O–H groups in total. The molecule has 6 nitrogen and oxygen atoms in total. The highest BCUT2D eigenvalue weighted by Gasteiger charge is 2.20. The fourth-order valence-corrected chi connectivity index (χ4v) is 3.53. The maximum Gasteiger partial charge on any atom is 0.255 e. The number of carbonyl (C=O) groups is 2. The number of hydrogen-bond acceptors (Lipinski definition) is 4. The van der Waals surface area contributed by atoms with E-state index in [2.05, 4.69) is 5.32 Å². The molecule has 0 aliphatic carbocycles. The molecule has 2 aromatic rings. The zero-order chi connectivity index (χ0) is 19.6. The molecule has 142 valence electrons. The number of sulfone groups is 1. The number of carbonyl (C=O) groups excluding carboxylic acids is 2. The predicted molar refractivity (Wildman–Crippen MR) is 98.6 cm³/mol. The molecule has 0 spiro atoms. The van der Waals surface area contributed by atoms with Crippen LogP contribution in [0.3, 0.4) is 0 Å². The third-order valence-electron chi connectivity index (χ3n) is 4.38. The first-order chi connectivity index (χ1) is 12.7. The largest absolute Gasteiger partial charge is 0.338 e. The van der Waals surface area contributed by atoms with Crippen LogP contribution < -0.4 is 5.32 Å². The molecule has 1 aliphatic rings. The van der Waals surface area contributed by atoms with Crippen LogP contribution in [-0.2, 0) is 21.2 Å². The Balaban J connectivity index is 1.72. The first-order valence-electron chi connectivity index (χ1n) is 8.42. The molecule has 0 aromatic heterocycles. The van der Waals surface area contributed by atoms with Gasteiger partial charge in [0.05, 0.1) is 10.6 Å². The third kappa shape index (κ3) is 4.51. The quantitative estimate of drug-likeness (QED) is 0.796. The van der Waals surface area contributed by atoms with Crippen molar-refractivity contribution in [1.29, 1.82) is 0 Å². The summed E-state index contributed by atoms with van der Waals surface area (Å²) >= 11 is 0. The number of nitrogens with one attached hydrogen (secondary N) is 1. The van der Waals surface area contributed by atoms with Crippen molar-refractivity contribution in [3.63, 3.8) is 0 Å². The van der Waals surface area contributed by atoms with Crippen LogP contribution in [0.15, 0.2) is 47.4 Å². The maximum absolute atomic E-state index is 13.9. The van der Waals surface area contributed by atoms with Crippen molar-refractivity contribution in [1.82, 2.24) is 4.90 Å². The second-order valence-corrected chi connectivity index (χ2v) is 8.50. The highest BCUT2D eigenvalue weighted by atomic mass is 32.2. The molecule has 1 aliphatic heterocycles. The zero-order valence-corrected chi connectivity index (χ0v) is 15.6. The molecule has 2 aromatic carbocycles. The summed E-state index contributed by atoms with van der Waals surface area (Å²) in [5.41, 5.74) is 0.998. The van der Waals surface area contributed by atoms with Crippen molar-refractivity contribution in [2.24, 2.45) is 0 Å². The fraction of sp³-hybridized carbons (Fsp3) is 0.263. The van der Waals surface area contributed by atoms with Gasteiger partial charge >= 0.3 is 0 Å².